The highest BCUT2D eigenvalue weighted by molar-refractivity contribution is 5.44. The molecule has 0 amide bonds. The van der Waals surface area contributed by atoms with Crippen molar-refractivity contribution in [3.8, 4) is 0 Å². The average Bonchev–Trinajstić information content (AvgIpc) is 3.13. The Morgan fingerprint density at radius 2 is 2.12 bits per heavy atom. The Morgan fingerprint density at radius 1 is 1.35 bits per heavy atom. The van der Waals surface area contributed by atoms with E-state index in [4.69, 9.17) is 4.98 Å². The molecule has 0 saturated heterocycles. The maximum atomic E-state index is 4.74. The van der Waals surface area contributed by atoms with E-state index in [-0.39, 0.29) is 0 Å². The number of aryl methyl sites for hydroxylation is 1. The summed E-state index contributed by atoms with van der Waals surface area (Å²) < 4.78 is 0. The Hall–Kier alpha value is -1.09. The Labute approximate surface area is 104 Å². The number of anilines is 1. The molecule has 3 nitrogen and oxygen atoms in total. The van der Waals surface area contributed by atoms with E-state index in [0.717, 1.165) is 37.2 Å². The van der Waals surface area contributed by atoms with Crippen LogP contribution in [-0.2, 0) is 6.54 Å². The van der Waals surface area contributed by atoms with Gasteiger partial charge in [-0.15, -0.1) is 0 Å². The molecule has 1 saturated carbocycles. The van der Waals surface area contributed by atoms with Crippen LogP contribution in [0, 0.1) is 6.92 Å². The average molecular weight is 233 g/mol. The first kappa shape index (κ1) is 12.4. The first-order valence-electron chi connectivity index (χ1n) is 6.70. The molecule has 0 aromatic carbocycles. The fourth-order valence-corrected chi connectivity index (χ4v) is 2.18. The number of aromatic nitrogens is 1. The topological polar surface area (TPSA) is 28.2 Å². The highest BCUT2D eigenvalue weighted by atomic mass is 15.2. The minimum absolute atomic E-state index is 0.742. The smallest absolute Gasteiger partial charge is 0.129 e. The summed E-state index contributed by atoms with van der Waals surface area (Å²) in [6.07, 6.45) is 2.65. The summed E-state index contributed by atoms with van der Waals surface area (Å²) in [7, 11) is 0. The molecule has 0 atom stereocenters. The SMILES string of the molecule is CCNCc1ccc(N(CC)C2CC2)nc1C. The summed E-state index contributed by atoms with van der Waals surface area (Å²) in [6.45, 7) is 9.43. The number of pyridine rings is 1. The summed E-state index contributed by atoms with van der Waals surface area (Å²) in [4.78, 5) is 7.17. The van der Waals surface area contributed by atoms with Crippen LogP contribution in [0.1, 0.15) is 37.9 Å². The van der Waals surface area contributed by atoms with E-state index in [2.05, 4.69) is 43.1 Å². The van der Waals surface area contributed by atoms with Crippen molar-refractivity contribution in [2.75, 3.05) is 18.0 Å². The highest BCUT2D eigenvalue weighted by Crippen LogP contribution is 2.30. The molecular formula is C14H23N3. The summed E-state index contributed by atoms with van der Waals surface area (Å²) in [5.74, 6) is 1.15. The molecule has 1 heterocycles. The monoisotopic (exact) mass is 233 g/mol. The molecule has 1 aliphatic rings. The molecule has 1 fully saturated rings. The second-order valence-electron chi connectivity index (χ2n) is 4.71. The Balaban J connectivity index is 2.11. The van der Waals surface area contributed by atoms with E-state index in [1.165, 1.54) is 18.4 Å². The first-order chi connectivity index (χ1) is 8.26. The van der Waals surface area contributed by atoms with Gasteiger partial charge in [0.2, 0.25) is 0 Å². The molecule has 17 heavy (non-hydrogen) atoms. The quantitative estimate of drug-likeness (QED) is 0.818. The number of nitrogens with zero attached hydrogens (tertiary/aromatic N) is 2. The van der Waals surface area contributed by atoms with Gasteiger partial charge in [-0.2, -0.15) is 0 Å². The minimum atomic E-state index is 0.742. The van der Waals surface area contributed by atoms with Crippen molar-refractivity contribution in [2.24, 2.45) is 0 Å². The van der Waals surface area contributed by atoms with Crippen LogP contribution >= 0.6 is 0 Å². The van der Waals surface area contributed by atoms with Crippen molar-refractivity contribution in [3.05, 3.63) is 23.4 Å². The summed E-state index contributed by atoms with van der Waals surface area (Å²) in [6, 6.07) is 5.12. The molecule has 0 unspecified atom stereocenters. The third-order valence-electron chi connectivity index (χ3n) is 3.37. The molecule has 2 rings (SSSR count). The van der Waals surface area contributed by atoms with E-state index in [1.54, 1.807) is 0 Å². The molecule has 0 radical (unpaired) electrons. The summed E-state index contributed by atoms with van der Waals surface area (Å²) in [5.41, 5.74) is 2.46. The third-order valence-corrected chi connectivity index (χ3v) is 3.37. The van der Waals surface area contributed by atoms with Crippen LogP contribution in [-0.4, -0.2) is 24.1 Å². The molecule has 0 spiro atoms. The molecule has 94 valence electrons. The Bertz CT molecular complexity index is 372. The van der Waals surface area contributed by atoms with Crippen LogP contribution in [0.5, 0.6) is 0 Å². The second kappa shape index (κ2) is 5.50. The predicted molar refractivity (Wildman–Crippen MR) is 72.4 cm³/mol. The lowest BCUT2D eigenvalue weighted by Gasteiger charge is -2.22. The van der Waals surface area contributed by atoms with Crippen molar-refractivity contribution in [3.63, 3.8) is 0 Å². The van der Waals surface area contributed by atoms with Gasteiger partial charge in [-0.1, -0.05) is 13.0 Å². The van der Waals surface area contributed by atoms with Crippen molar-refractivity contribution >= 4 is 5.82 Å². The summed E-state index contributed by atoms with van der Waals surface area (Å²) in [5, 5.41) is 3.35. The van der Waals surface area contributed by atoms with Crippen molar-refractivity contribution in [2.45, 2.75) is 46.2 Å². The number of nitrogens with one attached hydrogen (secondary N) is 1. The number of rotatable bonds is 6. The van der Waals surface area contributed by atoms with Gasteiger partial charge in [0.1, 0.15) is 5.82 Å². The van der Waals surface area contributed by atoms with E-state index in [9.17, 15) is 0 Å². The lowest BCUT2D eigenvalue weighted by atomic mass is 10.2. The van der Waals surface area contributed by atoms with Gasteiger partial charge < -0.3 is 10.2 Å². The van der Waals surface area contributed by atoms with Crippen LogP contribution in [0.3, 0.4) is 0 Å². The molecule has 0 bridgehead atoms. The van der Waals surface area contributed by atoms with Gasteiger partial charge in [0.25, 0.3) is 0 Å². The first-order valence-corrected chi connectivity index (χ1v) is 6.70. The Morgan fingerprint density at radius 3 is 2.65 bits per heavy atom. The lowest BCUT2D eigenvalue weighted by Crippen LogP contribution is -2.26. The highest BCUT2D eigenvalue weighted by Gasteiger charge is 2.28. The Kier molecular flexibility index (Phi) is 4.00. The zero-order valence-electron chi connectivity index (χ0n) is 11.2. The molecule has 1 N–H and O–H groups in total. The minimum Gasteiger partial charge on any atom is -0.354 e. The third kappa shape index (κ3) is 2.97. The van der Waals surface area contributed by atoms with Gasteiger partial charge in [-0.25, -0.2) is 4.98 Å². The van der Waals surface area contributed by atoms with Crippen molar-refractivity contribution in [1.29, 1.82) is 0 Å². The normalized spacial score (nSPS) is 15.0. The number of hydrogen-bond donors (Lipinski definition) is 1. The van der Waals surface area contributed by atoms with Crippen LogP contribution in [0.25, 0.3) is 0 Å². The van der Waals surface area contributed by atoms with Gasteiger partial charge >= 0.3 is 0 Å². The fourth-order valence-electron chi connectivity index (χ4n) is 2.18. The number of hydrogen-bond acceptors (Lipinski definition) is 3. The molecule has 1 aliphatic carbocycles. The largest absolute Gasteiger partial charge is 0.354 e. The van der Waals surface area contributed by atoms with Crippen LogP contribution in [0.15, 0.2) is 12.1 Å². The fraction of sp³-hybridized carbons (Fsp3) is 0.643. The van der Waals surface area contributed by atoms with Gasteiger partial charge in [-0.3, -0.25) is 0 Å². The van der Waals surface area contributed by atoms with Gasteiger partial charge in [0.05, 0.1) is 0 Å². The van der Waals surface area contributed by atoms with Gasteiger partial charge in [0, 0.05) is 24.8 Å². The van der Waals surface area contributed by atoms with Gasteiger partial charge in [0.15, 0.2) is 0 Å². The summed E-state index contributed by atoms with van der Waals surface area (Å²) >= 11 is 0. The van der Waals surface area contributed by atoms with Crippen LogP contribution < -0.4 is 10.2 Å². The molecule has 3 heteroatoms. The van der Waals surface area contributed by atoms with Gasteiger partial charge in [-0.05, 0) is 44.9 Å². The zero-order chi connectivity index (χ0) is 12.3. The van der Waals surface area contributed by atoms with Crippen LogP contribution in [0.2, 0.25) is 0 Å². The maximum Gasteiger partial charge on any atom is 0.129 e. The molecule has 0 aliphatic heterocycles. The molecule has 1 aromatic rings. The molecular weight excluding hydrogens is 210 g/mol. The van der Waals surface area contributed by atoms with Crippen molar-refractivity contribution < 1.29 is 0 Å². The second-order valence-corrected chi connectivity index (χ2v) is 4.71. The van der Waals surface area contributed by atoms with E-state index in [1.807, 2.05) is 0 Å². The van der Waals surface area contributed by atoms with Crippen LogP contribution in [0.4, 0.5) is 5.82 Å². The maximum absolute atomic E-state index is 4.74. The van der Waals surface area contributed by atoms with E-state index < -0.39 is 0 Å². The van der Waals surface area contributed by atoms with E-state index in [0.29, 0.717) is 0 Å². The van der Waals surface area contributed by atoms with E-state index >= 15 is 0 Å². The zero-order valence-corrected chi connectivity index (χ0v) is 11.2. The predicted octanol–water partition coefficient (Wildman–Crippen LogP) is 2.49. The molecule has 1 aromatic heterocycles. The lowest BCUT2D eigenvalue weighted by molar-refractivity contribution is 0.717. The standard InChI is InChI=1S/C14H23N3/c1-4-15-10-12-6-9-14(16-11(12)3)17(5-2)13-7-8-13/h6,9,13,15H,4-5,7-8,10H2,1-3H3. The van der Waals surface area contributed by atoms with Crippen molar-refractivity contribution in [1.82, 2.24) is 10.3 Å².